The third-order valence-electron chi connectivity index (χ3n) is 2.63. The Morgan fingerprint density at radius 1 is 1.06 bits per heavy atom. The van der Waals surface area contributed by atoms with Crippen molar-refractivity contribution in [3.05, 3.63) is 34.9 Å². The lowest BCUT2D eigenvalue weighted by molar-refractivity contribution is 0.0949. The molecule has 0 amide bonds. The third-order valence-corrected chi connectivity index (χ3v) is 2.63. The molecule has 1 atom stereocenters. The number of aliphatic hydroxyl groups is 1. The van der Waals surface area contributed by atoms with E-state index in [1.54, 1.807) is 0 Å². The lowest BCUT2D eigenvalue weighted by atomic mass is 9.86. The molecular formula is C12H10O5. The highest BCUT2D eigenvalue weighted by molar-refractivity contribution is 6.26. The summed E-state index contributed by atoms with van der Waals surface area (Å²) in [4.78, 5) is 23.6. The molecule has 0 aliphatic heterocycles. The van der Waals surface area contributed by atoms with Crippen molar-refractivity contribution in [1.82, 2.24) is 0 Å². The van der Waals surface area contributed by atoms with Crippen LogP contribution in [-0.4, -0.2) is 33.0 Å². The Hall–Kier alpha value is -2.14. The fraction of sp³-hybridized carbons (Fsp3) is 0.167. The van der Waals surface area contributed by atoms with E-state index in [4.69, 9.17) is 0 Å². The molecule has 2 rings (SSSR count). The average molecular weight is 234 g/mol. The summed E-state index contributed by atoms with van der Waals surface area (Å²) in [5, 5.41) is 28.5. The largest absolute Gasteiger partial charge is 0.507 e. The molecule has 1 aliphatic rings. The van der Waals surface area contributed by atoms with Gasteiger partial charge in [-0.2, -0.15) is 0 Å². The number of ketones is 2. The fourth-order valence-corrected chi connectivity index (χ4v) is 1.79. The highest BCUT2D eigenvalue weighted by atomic mass is 16.3. The van der Waals surface area contributed by atoms with Crippen LogP contribution in [-0.2, 0) is 0 Å². The minimum absolute atomic E-state index is 0.0941. The van der Waals surface area contributed by atoms with E-state index in [0.717, 1.165) is 18.2 Å². The second kappa shape index (κ2) is 3.71. The number of carbonyl (C=O) groups excluding carboxylic acids is 2. The Labute approximate surface area is 96.6 Å². The van der Waals surface area contributed by atoms with Gasteiger partial charge in [-0.3, -0.25) is 9.59 Å². The average Bonchev–Trinajstić information content (AvgIpc) is 2.26. The van der Waals surface area contributed by atoms with Gasteiger partial charge in [0.1, 0.15) is 11.5 Å². The van der Waals surface area contributed by atoms with Crippen molar-refractivity contribution in [2.75, 3.05) is 0 Å². The third kappa shape index (κ3) is 1.60. The zero-order valence-electron chi connectivity index (χ0n) is 8.97. The molecule has 0 heterocycles. The summed E-state index contributed by atoms with van der Waals surface area (Å²) < 4.78 is 0. The number of aliphatic hydroxyl groups excluding tert-OH is 1. The summed E-state index contributed by atoms with van der Waals surface area (Å²) in [5.41, 5.74) is -0.573. The van der Waals surface area contributed by atoms with Crippen molar-refractivity contribution in [3.8, 4) is 11.5 Å². The van der Waals surface area contributed by atoms with Gasteiger partial charge in [0.2, 0.25) is 0 Å². The topological polar surface area (TPSA) is 94.8 Å². The molecule has 1 aromatic rings. The van der Waals surface area contributed by atoms with Crippen LogP contribution in [0.15, 0.2) is 23.8 Å². The smallest absolute Gasteiger partial charge is 0.196 e. The summed E-state index contributed by atoms with van der Waals surface area (Å²) in [5.74, 6) is -2.01. The van der Waals surface area contributed by atoms with Crippen molar-refractivity contribution in [2.45, 2.75) is 13.0 Å². The summed E-state index contributed by atoms with van der Waals surface area (Å²) in [6.45, 7) is 1.35. The van der Waals surface area contributed by atoms with E-state index in [2.05, 4.69) is 0 Å². The Balaban J connectivity index is 2.73. The number of benzene rings is 1. The fourth-order valence-electron chi connectivity index (χ4n) is 1.79. The van der Waals surface area contributed by atoms with Gasteiger partial charge in [0, 0.05) is 5.57 Å². The summed E-state index contributed by atoms with van der Waals surface area (Å²) in [6.07, 6.45) is -0.129. The van der Waals surface area contributed by atoms with Crippen molar-refractivity contribution in [3.63, 3.8) is 0 Å². The molecule has 0 saturated carbocycles. The number of Topliss-reactive ketones (excluding diaryl/α,β-unsaturated/α-hetero) is 1. The normalized spacial score (nSPS) is 16.5. The predicted molar refractivity (Wildman–Crippen MR) is 58.2 cm³/mol. The Kier molecular flexibility index (Phi) is 2.48. The zero-order chi connectivity index (χ0) is 12.7. The second-order valence-corrected chi connectivity index (χ2v) is 3.82. The van der Waals surface area contributed by atoms with Gasteiger partial charge in [0.25, 0.3) is 0 Å². The lowest BCUT2D eigenvalue weighted by Gasteiger charge is -2.18. The van der Waals surface area contributed by atoms with E-state index < -0.39 is 17.7 Å². The van der Waals surface area contributed by atoms with Crippen molar-refractivity contribution in [2.24, 2.45) is 0 Å². The van der Waals surface area contributed by atoms with E-state index in [1.165, 1.54) is 6.92 Å². The van der Waals surface area contributed by atoms with Crippen LogP contribution in [0.3, 0.4) is 0 Å². The Morgan fingerprint density at radius 3 is 2.12 bits per heavy atom. The van der Waals surface area contributed by atoms with Crippen molar-refractivity contribution >= 4 is 11.6 Å². The monoisotopic (exact) mass is 234 g/mol. The highest BCUT2D eigenvalue weighted by Gasteiger charge is 2.32. The first kappa shape index (κ1) is 11.3. The van der Waals surface area contributed by atoms with Crippen LogP contribution in [0.25, 0.3) is 0 Å². The first-order valence-corrected chi connectivity index (χ1v) is 4.97. The van der Waals surface area contributed by atoms with Gasteiger partial charge in [-0.15, -0.1) is 0 Å². The van der Waals surface area contributed by atoms with Crippen LogP contribution < -0.4 is 0 Å². The minimum Gasteiger partial charge on any atom is -0.507 e. The number of allylic oxidation sites excluding steroid dienone is 1. The van der Waals surface area contributed by atoms with Gasteiger partial charge < -0.3 is 15.3 Å². The number of rotatable bonds is 1. The van der Waals surface area contributed by atoms with Gasteiger partial charge in [-0.05, 0) is 25.1 Å². The molecule has 88 valence electrons. The maximum Gasteiger partial charge on any atom is 0.196 e. The maximum atomic E-state index is 11.9. The van der Waals surface area contributed by atoms with Crippen LogP contribution in [0.1, 0.15) is 27.6 Å². The first-order chi connectivity index (χ1) is 7.93. The van der Waals surface area contributed by atoms with E-state index in [-0.39, 0.29) is 28.2 Å². The lowest BCUT2D eigenvalue weighted by Crippen LogP contribution is -2.23. The second-order valence-electron chi connectivity index (χ2n) is 3.82. The standard InChI is InChI=1S/C12H10O5/c1-5(13)6-4-9(16)10-7(14)2-3-8(15)11(10)12(6)17/h2-5,13-15H,1H3. The van der Waals surface area contributed by atoms with Crippen LogP contribution in [0.4, 0.5) is 0 Å². The van der Waals surface area contributed by atoms with Crippen LogP contribution >= 0.6 is 0 Å². The first-order valence-electron chi connectivity index (χ1n) is 4.97. The molecule has 0 aromatic heterocycles. The van der Waals surface area contributed by atoms with Crippen LogP contribution in [0.2, 0.25) is 0 Å². The summed E-state index contributed by atoms with van der Waals surface area (Å²) >= 11 is 0. The molecule has 1 unspecified atom stereocenters. The summed E-state index contributed by atoms with van der Waals surface area (Å²) in [7, 11) is 0. The highest BCUT2D eigenvalue weighted by Crippen LogP contribution is 2.35. The molecule has 0 saturated heterocycles. The molecule has 5 heteroatoms. The molecule has 0 radical (unpaired) electrons. The number of phenols is 2. The molecule has 0 spiro atoms. The Bertz CT molecular complexity index is 554. The van der Waals surface area contributed by atoms with E-state index in [1.807, 2.05) is 0 Å². The van der Waals surface area contributed by atoms with Crippen LogP contribution in [0.5, 0.6) is 11.5 Å². The minimum atomic E-state index is -1.11. The van der Waals surface area contributed by atoms with E-state index >= 15 is 0 Å². The van der Waals surface area contributed by atoms with E-state index in [0.29, 0.717) is 0 Å². The molecule has 5 nitrogen and oxygen atoms in total. The van der Waals surface area contributed by atoms with Gasteiger partial charge in [-0.1, -0.05) is 0 Å². The number of phenolic OH excluding ortho intramolecular Hbond substituents is 2. The molecule has 17 heavy (non-hydrogen) atoms. The van der Waals surface area contributed by atoms with Gasteiger partial charge in [-0.25, -0.2) is 0 Å². The number of fused-ring (bicyclic) bond motifs is 1. The zero-order valence-corrected chi connectivity index (χ0v) is 8.97. The molecule has 0 fully saturated rings. The molecule has 3 N–H and O–H groups in total. The van der Waals surface area contributed by atoms with Gasteiger partial charge >= 0.3 is 0 Å². The summed E-state index contributed by atoms with van der Waals surface area (Å²) in [6, 6.07) is 2.27. The number of hydrogen-bond acceptors (Lipinski definition) is 5. The van der Waals surface area contributed by atoms with Gasteiger partial charge in [0.15, 0.2) is 11.6 Å². The quantitative estimate of drug-likeness (QED) is 0.624. The molecule has 1 aliphatic carbocycles. The maximum absolute atomic E-state index is 11.9. The molecule has 0 bridgehead atoms. The SMILES string of the molecule is CC(O)C1=CC(=O)c2c(O)ccc(O)c2C1=O. The number of aromatic hydroxyl groups is 2. The Morgan fingerprint density at radius 2 is 1.59 bits per heavy atom. The van der Waals surface area contributed by atoms with Gasteiger partial charge in [0.05, 0.1) is 17.2 Å². The molecule has 1 aromatic carbocycles. The van der Waals surface area contributed by atoms with Crippen molar-refractivity contribution < 1.29 is 24.9 Å². The van der Waals surface area contributed by atoms with Crippen LogP contribution in [0, 0.1) is 0 Å². The number of carbonyl (C=O) groups is 2. The number of hydrogen-bond donors (Lipinski definition) is 3. The molecular weight excluding hydrogens is 224 g/mol. The van der Waals surface area contributed by atoms with Crippen molar-refractivity contribution in [1.29, 1.82) is 0 Å². The predicted octanol–water partition coefficient (Wildman–Crippen LogP) is 0.784. The van der Waals surface area contributed by atoms with E-state index in [9.17, 15) is 24.9 Å².